The van der Waals surface area contributed by atoms with E-state index in [9.17, 15) is 0 Å². The van der Waals surface area contributed by atoms with Gasteiger partial charge in [-0.1, -0.05) is 6.07 Å². The van der Waals surface area contributed by atoms with Gasteiger partial charge < -0.3 is 10.2 Å². The van der Waals surface area contributed by atoms with Crippen LogP contribution in [0.1, 0.15) is 24.0 Å². The van der Waals surface area contributed by atoms with E-state index in [-0.39, 0.29) is 0 Å². The standard InChI is InChI=1S/C16H20N4/c1-20(12-13-6-9-17-10-7-13)16-14(3-2-8-18-16)11-19-15-4-5-15/h2-3,6-10,15,19H,4-5,11-12H2,1H3. The molecule has 1 aliphatic rings. The van der Waals surface area contributed by atoms with E-state index < -0.39 is 0 Å². The number of anilines is 1. The maximum atomic E-state index is 4.54. The molecule has 2 heterocycles. The van der Waals surface area contributed by atoms with Gasteiger partial charge in [-0.3, -0.25) is 4.98 Å². The summed E-state index contributed by atoms with van der Waals surface area (Å²) in [4.78, 5) is 10.8. The van der Waals surface area contributed by atoms with Gasteiger partial charge in [-0.2, -0.15) is 0 Å². The van der Waals surface area contributed by atoms with E-state index in [0.29, 0.717) is 6.04 Å². The highest BCUT2D eigenvalue weighted by molar-refractivity contribution is 5.46. The fraction of sp³-hybridized carbons (Fsp3) is 0.375. The van der Waals surface area contributed by atoms with Gasteiger partial charge in [-0.05, 0) is 36.6 Å². The summed E-state index contributed by atoms with van der Waals surface area (Å²) in [5, 5.41) is 3.56. The fourth-order valence-electron chi connectivity index (χ4n) is 2.29. The second-order valence-corrected chi connectivity index (χ2v) is 5.35. The largest absolute Gasteiger partial charge is 0.355 e. The minimum atomic E-state index is 0.716. The van der Waals surface area contributed by atoms with Crippen LogP contribution in [0.15, 0.2) is 42.9 Å². The molecule has 0 unspecified atom stereocenters. The average molecular weight is 268 g/mol. The molecule has 4 nitrogen and oxygen atoms in total. The number of hydrogen-bond donors (Lipinski definition) is 1. The van der Waals surface area contributed by atoms with Crippen molar-refractivity contribution in [2.24, 2.45) is 0 Å². The first-order chi connectivity index (χ1) is 9.83. The molecule has 1 aliphatic carbocycles. The molecule has 4 heteroatoms. The smallest absolute Gasteiger partial charge is 0.133 e. The Balaban J connectivity index is 1.71. The van der Waals surface area contributed by atoms with Gasteiger partial charge in [0.15, 0.2) is 0 Å². The highest BCUT2D eigenvalue weighted by atomic mass is 15.2. The third-order valence-electron chi connectivity index (χ3n) is 3.56. The highest BCUT2D eigenvalue weighted by Gasteiger charge is 2.21. The molecule has 1 N–H and O–H groups in total. The summed E-state index contributed by atoms with van der Waals surface area (Å²) in [6.45, 7) is 1.74. The van der Waals surface area contributed by atoms with E-state index in [1.807, 2.05) is 36.8 Å². The third kappa shape index (κ3) is 3.33. The van der Waals surface area contributed by atoms with E-state index in [2.05, 4.69) is 33.3 Å². The monoisotopic (exact) mass is 268 g/mol. The molecular formula is C16H20N4. The minimum absolute atomic E-state index is 0.716. The van der Waals surface area contributed by atoms with Crippen LogP contribution in [0.25, 0.3) is 0 Å². The first kappa shape index (κ1) is 13.1. The third-order valence-corrected chi connectivity index (χ3v) is 3.56. The number of nitrogens with zero attached hydrogens (tertiary/aromatic N) is 3. The molecule has 104 valence electrons. The van der Waals surface area contributed by atoms with Crippen molar-refractivity contribution in [3.8, 4) is 0 Å². The van der Waals surface area contributed by atoms with E-state index in [1.165, 1.54) is 24.0 Å². The second-order valence-electron chi connectivity index (χ2n) is 5.35. The summed E-state index contributed by atoms with van der Waals surface area (Å²) in [6.07, 6.45) is 8.14. The maximum absolute atomic E-state index is 4.54. The Labute approximate surface area is 119 Å². The number of pyridine rings is 2. The van der Waals surface area contributed by atoms with Crippen molar-refractivity contribution in [1.29, 1.82) is 0 Å². The van der Waals surface area contributed by atoms with Crippen LogP contribution in [0, 0.1) is 0 Å². The molecule has 0 aliphatic heterocycles. The van der Waals surface area contributed by atoms with Crippen molar-refractivity contribution in [2.45, 2.75) is 32.0 Å². The van der Waals surface area contributed by atoms with Gasteiger partial charge >= 0.3 is 0 Å². The Morgan fingerprint density at radius 3 is 2.75 bits per heavy atom. The lowest BCUT2D eigenvalue weighted by Crippen LogP contribution is -2.22. The Bertz CT molecular complexity index is 551. The van der Waals surface area contributed by atoms with Crippen LogP contribution < -0.4 is 10.2 Å². The van der Waals surface area contributed by atoms with E-state index >= 15 is 0 Å². The Hall–Kier alpha value is -1.94. The molecular weight excluding hydrogens is 248 g/mol. The number of rotatable bonds is 6. The molecule has 20 heavy (non-hydrogen) atoms. The zero-order valence-electron chi connectivity index (χ0n) is 11.8. The molecule has 2 aromatic rings. The summed E-state index contributed by atoms with van der Waals surface area (Å²) in [7, 11) is 2.09. The molecule has 0 atom stereocenters. The summed E-state index contributed by atoms with van der Waals surface area (Å²) >= 11 is 0. The van der Waals surface area contributed by atoms with Gasteiger partial charge in [0.1, 0.15) is 5.82 Å². The summed E-state index contributed by atoms with van der Waals surface area (Å²) in [6, 6.07) is 8.96. The number of hydrogen-bond acceptors (Lipinski definition) is 4. The first-order valence-electron chi connectivity index (χ1n) is 7.10. The Kier molecular flexibility index (Phi) is 3.92. The van der Waals surface area contributed by atoms with Crippen LogP contribution in [0.2, 0.25) is 0 Å². The molecule has 0 bridgehead atoms. The number of aromatic nitrogens is 2. The van der Waals surface area contributed by atoms with E-state index in [1.54, 1.807) is 0 Å². The summed E-state index contributed by atoms with van der Waals surface area (Å²) in [5.41, 5.74) is 2.50. The Morgan fingerprint density at radius 1 is 1.20 bits per heavy atom. The van der Waals surface area contributed by atoms with Gasteiger partial charge in [-0.15, -0.1) is 0 Å². The van der Waals surface area contributed by atoms with Gasteiger partial charge in [0.2, 0.25) is 0 Å². The van der Waals surface area contributed by atoms with Crippen molar-refractivity contribution >= 4 is 5.82 Å². The lowest BCUT2D eigenvalue weighted by atomic mass is 10.2. The molecule has 2 aromatic heterocycles. The SMILES string of the molecule is CN(Cc1ccncc1)c1ncccc1CNC1CC1. The maximum Gasteiger partial charge on any atom is 0.133 e. The first-order valence-corrected chi connectivity index (χ1v) is 7.10. The van der Waals surface area contributed by atoms with Crippen LogP contribution >= 0.6 is 0 Å². The molecule has 3 rings (SSSR count). The average Bonchev–Trinajstić information content (AvgIpc) is 3.31. The van der Waals surface area contributed by atoms with Gasteiger partial charge in [0, 0.05) is 50.3 Å². The van der Waals surface area contributed by atoms with Crippen molar-refractivity contribution in [3.63, 3.8) is 0 Å². The normalized spacial score (nSPS) is 14.2. The molecule has 1 fully saturated rings. The van der Waals surface area contributed by atoms with E-state index in [4.69, 9.17) is 0 Å². The van der Waals surface area contributed by atoms with Crippen LogP contribution in [0.3, 0.4) is 0 Å². The van der Waals surface area contributed by atoms with Crippen LogP contribution in [-0.2, 0) is 13.1 Å². The summed E-state index contributed by atoms with van der Waals surface area (Å²) < 4.78 is 0. The predicted molar refractivity (Wildman–Crippen MR) is 80.4 cm³/mol. The summed E-state index contributed by atoms with van der Waals surface area (Å²) in [5.74, 6) is 1.05. The zero-order chi connectivity index (χ0) is 13.8. The topological polar surface area (TPSA) is 41.1 Å². The fourth-order valence-corrected chi connectivity index (χ4v) is 2.29. The van der Waals surface area contributed by atoms with Crippen molar-refractivity contribution < 1.29 is 0 Å². The van der Waals surface area contributed by atoms with Crippen LogP contribution in [-0.4, -0.2) is 23.1 Å². The second kappa shape index (κ2) is 6.01. The van der Waals surface area contributed by atoms with Gasteiger partial charge in [0.05, 0.1) is 0 Å². The van der Waals surface area contributed by atoms with Crippen molar-refractivity contribution in [2.75, 3.05) is 11.9 Å². The van der Waals surface area contributed by atoms with Gasteiger partial charge in [0.25, 0.3) is 0 Å². The molecule has 0 aromatic carbocycles. The zero-order valence-corrected chi connectivity index (χ0v) is 11.8. The van der Waals surface area contributed by atoms with Crippen LogP contribution in [0.5, 0.6) is 0 Å². The number of nitrogens with one attached hydrogen (secondary N) is 1. The molecule has 1 saturated carbocycles. The minimum Gasteiger partial charge on any atom is -0.355 e. The van der Waals surface area contributed by atoms with E-state index in [0.717, 1.165) is 18.9 Å². The lowest BCUT2D eigenvalue weighted by Gasteiger charge is -2.21. The predicted octanol–water partition coefficient (Wildman–Crippen LogP) is 2.37. The van der Waals surface area contributed by atoms with Crippen molar-refractivity contribution in [1.82, 2.24) is 15.3 Å². The van der Waals surface area contributed by atoms with Crippen LogP contribution in [0.4, 0.5) is 5.82 Å². The molecule has 0 spiro atoms. The quantitative estimate of drug-likeness (QED) is 0.873. The van der Waals surface area contributed by atoms with Crippen molar-refractivity contribution in [3.05, 3.63) is 54.0 Å². The molecule has 0 saturated heterocycles. The molecule has 0 amide bonds. The highest BCUT2D eigenvalue weighted by Crippen LogP contribution is 2.22. The lowest BCUT2D eigenvalue weighted by molar-refractivity contribution is 0.682. The van der Waals surface area contributed by atoms with Gasteiger partial charge in [-0.25, -0.2) is 4.98 Å². The molecule has 0 radical (unpaired) electrons. The Morgan fingerprint density at radius 2 is 2.00 bits per heavy atom.